The molecular formula is C34H43F3N2O7. The number of alkyl halides is 3. The number of nitrogens with two attached hydrogens (primary N) is 1. The number of aliphatic hydroxyl groups is 3. The summed E-state index contributed by atoms with van der Waals surface area (Å²) < 4.78 is 45.0. The van der Waals surface area contributed by atoms with E-state index in [0.29, 0.717) is 5.92 Å². The highest BCUT2D eigenvalue weighted by atomic mass is 19.4. The highest BCUT2D eigenvalue weighted by Gasteiger charge is 2.61. The van der Waals surface area contributed by atoms with E-state index in [0.717, 1.165) is 25.3 Å². The number of fused-ring (bicyclic) bond motifs is 3. The molecule has 4 aliphatic rings. The van der Waals surface area contributed by atoms with Gasteiger partial charge in [0.05, 0.1) is 11.1 Å². The molecule has 12 heteroatoms. The van der Waals surface area contributed by atoms with Gasteiger partial charge in [-0.05, 0) is 72.6 Å². The van der Waals surface area contributed by atoms with Crippen LogP contribution in [-0.4, -0.2) is 61.5 Å². The molecule has 9 nitrogen and oxygen atoms in total. The number of primary amides is 1. The van der Waals surface area contributed by atoms with Crippen molar-refractivity contribution >= 4 is 23.2 Å². The van der Waals surface area contributed by atoms with Crippen LogP contribution in [0.15, 0.2) is 23.0 Å². The molecule has 252 valence electrons. The molecule has 5 rings (SSSR count). The van der Waals surface area contributed by atoms with Crippen molar-refractivity contribution in [3.8, 4) is 5.75 Å². The summed E-state index contributed by atoms with van der Waals surface area (Å²) in [6.07, 6.45) is -3.53. The largest absolute Gasteiger partial charge is 0.508 e. The Kier molecular flexibility index (Phi) is 8.00. The number of amides is 1. The van der Waals surface area contributed by atoms with Gasteiger partial charge in [-0.25, -0.2) is 0 Å². The molecule has 0 radical (unpaired) electrons. The Hall–Kier alpha value is -3.38. The zero-order chi connectivity index (χ0) is 34.5. The second-order valence-corrected chi connectivity index (χ2v) is 14.6. The molecule has 0 bridgehead atoms. The number of carbonyl (C=O) groups excluding carboxylic acids is 3. The smallest absolute Gasteiger partial charge is 0.417 e. The van der Waals surface area contributed by atoms with Gasteiger partial charge < -0.3 is 26.2 Å². The number of phenolic OH excluding ortho intramolecular Hbond substituents is 1. The zero-order valence-corrected chi connectivity index (χ0v) is 27.0. The standard InChI is InChI=1S/C34H43F3N2O7/c1-7-8-32(5)22(9-15(2)31(32,3)4)39(6)14-17-12-20(40)24-19(26(17)34(35,36)37)11-16-10-18-13-21(41)25(30(38)45)29(44)33(18,46)28(43)23(16)27(24)42/h12,15-16,18,22,40,42,44,46H,7-11,13-14H2,1-6H3,(H2,38,45)/t15?,16?,18-,22-,32?,33-/m0/s1. The van der Waals surface area contributed by atoms with Crippen LogP contribution in [0.4, 0.5) is 13.2 Å². The van der Waals surface area contributed by atoms with Gasteiger partial charge in [-0.3, -0.25) is 19.3 Å². The van der Waals surface area contributed by atoms with Gasteiger partial charge in [0.2, 0.25) is 5.78 Å². The van der Waals surface area contributed by atoms with E-state index >= 15 is 0 Å². The van der Waals surface area contributed by atoms with Crippen LogP contribution in [-0.2, 0) is 33.5 Å². The Morgan fingerprint density at radius 3 is 2.30 bits per heavy atom. The lowest BCUT2D eigenvalue weighted by Gasteiger charge is -2.47. The van der Waals surface area contributed by atoms with Crippen molar-refractivity contribution in [2.45, 2.75) is 97.5 Å². The van der Waals surface area contributed by atoms with Gasteiger partial charge in [-0.15, -0.1) is 0 Å². The average molecular weight is 649 g/mol. The molecule has 1 aromatic carbocycles. The molecule has 0 aliphatic heterocycles. The number of ketones is 2. The number of Topliss-reactive ketones (excluding diaryl/α,β-unsaturated/α-hetero) is 2. The minimum atomic E-state index is -4.89. The second-order valence-electron chi connectivity index (χ2n) is 14.6. The topological polar surface area (TPSA) is 161 Å². The number of nitrogens with zero attached hydrogens (tertiary/aromatic N) is 1. The predicted molar refractivity (Wildman–Crippen MR) is 162 cm³/mol. The maximum absolute atomic E-state index is 15.0. The third-order valence-electron chi connectivity index (χ3n) is 12.2. The number of rotatable bonds is 6. The maximum atomic E-state index is 15.0. The summed E-state index contributed by atoms with van der Waals surface area (Å²) in [6.45, 7) is 10.7. The van der Waals surface area contributed by atoms with E-state index in [9.17, 15) is 48.0 Å². The van der Waals surface area contributed by atoms with Gasteiger partial charge in [-0.2, -0.15) is 13.2 Å². The molecule has 2 fully saturated rings. The molecular weight excluding hydrogens is 605 g/mol. The van der Waals surface area contributed by atoms with Gasteiger partial charge in [0, 0.05) is 30.5 Å². The Labute approximate surface area is 266 Å². The molecule has 6 N–H and O–H groups in total. The molecule has 2 saturated carbocycles. The van der Waals surface area contributed by atoms with E-state index in [-0.39, 0.29) is 41.0 Å². The first kappa shape index (κ1) is 34.0. The van der Waals surface area contributed by atoms with Crippen molar-refractivity contribution in [1.82, 2.24) is 4.90 Å². The van der Waals surface area contributed by atoms with Crippen LogP contribution in [0, 0.1) is 28.6 Å². The number of aromatic hydroxyl groups is 1. The van der Waals surface area contributed by atoms with E-state index in [1.54, 1.807) is 7.05 Å². The second kappa shape index (κ2) is 10.8. The molecule has 1 aromatic rings. The number of hydrogen-bond acceptors (Lipinski definition) is 8. The minimum absolute atomic E-state index is 0.0416. The van der Waals surface area contributed by atoms with E-state index < -0.39 is 93.5 Å². The van der Waals surface area contributed by atoms with Crippen LogP contribution in [0.1, 0.15) is 89.0 Å². The molecule has 0 saturated heterocycles. The van der Waals surface area contributed by atoms with Crippen LogP contribution >= 0.6 is 0 Å². The van der Waals surface area contributed by atoms with Crippen molar-refractivity contribution in [2.24, 2.45) is 34.3 Å². The SMILES string of the molecule is CCCC1(C)[C@@H](N(C)Cc2cc(O)c3c(c2C(F)(F)F)CC2C[C@H]4CC(=O)C(C(N)=O)=C(O)[C@@]4(O)C(=O)C2=C3O)CC(C)C1(C)C. The summed E-state index contributed by atoms with van der Waals surface area (Å²) in [7, 11) is 1.79. The summed E-state index contributed by atoms with van der Waals surface area (Å²) in [4.78, 5) is 40.1. The fourth-order valence-corrected chi connectivity index (χ4v) is 9.17. The highest BCUT2D eigenvalue weighted by Crippen LogP contribution is 2.60. The normalized spacial score (nSPS) is 32.5. The quantitative estimate of drug-likeness (QED) is 0.266. The van der Waals surface area contributed by atoms with Crippen molar-refractivity contribution in [3.63, 3.8) is 0 Å². The van der Waals surface area contributed by atoms with E-state index in [1.165, 1.54) is 0 Å². The number of hydrogen-bond donors (Lipinski definition) is 5. The van der Waals surface area contributed by atoms with Crippen molar-refractivity contribution in [1.29, 1.82) is 0 Å². The molecule has 0 spiro atoms. The van der Waals surface area contributed by atoms with Crippen LogP contribution in [0.2, 0.25) is 0 Å². The first-order chi connectivity index (χ1) is 21.1. The van der Waals surface area contributed by atoms with Crippen molar-refractivity contribution in [2.75, 3.05) is 7.05 Å². The van der Waals surface area contributed by atoms with Gasteiger partial charge >= 0.3 is 6.18 Å². The Morgan fingerprint density at radius 2 is 1.74 bits per heavy atom. The zero-order valence-electron chi connectivity index (χ0n) is 27.0. The Balaban J connectivity index is 1.62. The third-order valence-corrected chi connectivity index (χ3v) is 12.2. The molecule has 6 atom stereocenters. The van der Waals surface area contributed by atoms with Crippen molar-refractivity contribution in [3.05, 3.63) is 45.2 Å². The lowest BCUT2D eigenvalue weighted by molar-refractivity contribution is -0.147. The van der Waals surface area contributed by atoms with Gasteiger partial charge in [0.15, 0.2) is 11.4 Å². The van der Waals surface area contributed by atoms with E-state index in [4.69, 9.17) is 5.73 Å². The summed E-state index contributed by atoms with van der Waals surface area (Å²) in [5, 5.41) is 44.6. The van der Waals surface area contributed by atoms with Gasteiger partial charge in [0.25, 0.3) is 5.91 Å². The van der Waals surface area contributed by atoms with Crippen LogP contribution in [0.3, 0.4) is 0 Å². The Bertz CT molecular complexity index is 1600. The monoisotopic (exact) mass is 648 g/mol. The molecule has 3 unspecified atom stereocenters. The lowest BCUT2D eigenvalue weighted by atomic mass is 9.59. The lowest BCUT2D eigenvalue weighted by Crippen LogP contribution is -2.58. The highest BCUT2D eigenvalue weighted by molar-refractivity contribution is 6.22. The number of benzene rings is 1. The predicted octanol–water partition coefficient (Wildman–Crippen LogP) is 5.12. The van der Waals surface area contributed by atoms with Crippen LogP contribution < -0.4 is 5.73 Å². The summed E-state index contributed by atoms with van der Waals surface area (Å²) in [6, 6.07) is 0.933. The molecule has 1 amide bonds. The minimum Gasteiger partial charge on any atom is -0.508 e. The molecule has 0 aromatic heterocycles. The average Bonchev–Trinajstić information content (AvgIpc) is 3.09. The third kappa shape index (κ3) is 4.61. The fraction of sp³-hybridized carbons (Fsp3) is 0.618. The number of halogens is 3. The maximum Gasteiger partial charge on any atom is 0.417 e. The molecule has 0 heterocycles. The summed E-state index contributed by atoms with van der Waals surface area (Å²) >= 11 is 0. The number of aliphatic hydroxyl groups excluding tert-OH is 2. The first-order valence-electron chi connectivity index (χ1n) is 15.8. The van der Waals surface area contributed by atoms with E-state index in [2.05, 4.69) is 34.6 Å². The van der Waals surface area contributed by atoms with E-state index in [1.807, 2.05) is 4.90 Å². The van der Waals surface area contributed by atoms with Crippen molar-refractivity contribution < 1.29 is 48.0 Å². The van der Waals surface area contributed by atoms with Crippen LogP contribution in [0.25, 0.3) is 5.76 Å². The van der Waals surface area contributed by atoms with Gasteiger partial charge in [-0.1, -0.05) is 41.0 Å². The Morgan fingerprint density at radius 1 is 1.11 bits per heavy atom. The molecule has 46 heavy (non-hydrogen) atoms. The van der Waals surface area contributed by atoms with Crippen LogP contribution in [0.5, 0.6) is 5.75 Å². The number of carbonyl (C=O) groups is 3. The summed E-state index contributed by atoms with van der Waals surface area (Å²) in [5.41, 5.74) is -1.40. The molecule has 4 aliphatic carbocycles. The van der Waals surface area contributed by atoms with Gasteiger partial charge in [0.1, 0.15) is 22.8 Å². The first-order valence-corrected chi connectivity index (χ1v) is 15.8. The number of phenols is 1. The fourth-order valence-electron chi connectivity index (χ4n) is 9.17. The summed E-state index contributed by atoms with van der Waals surface area (Å²) in [5.74, 6) is -8.40.